The van der Waals surface area contributed by atoms with Crippen molar-refractivity contribution in [2.45, 2.75) is 30.8 Å². The number of ether oxygens (including phenoxy) is 2. The lowest BCUT2D eigenvalue weighted by atomic mass is 10.1. The van der Waals surface area contributed by atoms with Crippen LogP contribution in [0, 0.1) is 7.05 Å². The van der Waals surface area contributed by atoms with Crippen LogP contribution in [0.15, 0.2) is 11.8 Å². The maximum Gasteiger partial charge on any atom is 0.159 e. The second kappa shape index (κ2) is 1.53. The molecule has 0 saturated carbocycles. The van der Waals surface area contributed by atoms with Crippen LogP contribution in [0.4, 0.5) is 0 Å². The Kier molecular flexibility index (Phi) is 0.858. The molecule has 0 bridgehead atoms. The Morgan fingerprint density at radius 1 is 1.73 bits per heavy atom. The normalized spacial score (nSPS) is 57.6. The molecule has 2 heterocycles. The van der Waals surface area contributed by atoms with Crippen LogP contribution < -0.4 is 5.32 Å². The first-order chi connectivity index (χ1) is 5.28. The van der Waals surface area contributed by atoms with E-state index in [1.807, 2.05) is 5.32 Å². The molecule has 2 fully saturated rings. The third kappa shape index (κ3) is 0.559. The van der Waals surface area contributed by atoms with Crippen LogP contribution in [0.5, 0.6) is 0 Å². The highest BCUT2D eigenvalue weighted by molar-refractivity contribution is 5.37. The predicted molar refractivity (Wildman–Crippen MR) is 37.3 cm³/mol. The lowest BCUT2D eigenvalue weighted by Gasteiger charge is -2.00. The summed E-state index contributed by atoms with van der Waals surface area (Å²) in [6.45, 7) is 2.08. The Morgan fingerprint density at radius 3 is 2.82 bits per heavy atom. The van der Waals surface area contributed by atoms with Gasteiger partial charge in [-0.1, -0.05) is 0 Å². The van der Waals surface area contributed by atoms with E-state index in [0.29, 0.717) is 18.3 Å². The zero-order chi connectivity index (χ0) is 7.64. The highest BCUT2D eigenvalue weighted by Gasteiger charge is 2.73. The second-order valence-electron chi connectivity index (χ2n) is 3.44. The molecule has 3 nitrogen and oxygen atoms in total. The van der Waals surface area contributed by atoms with E-state index in [9.17, 15) is 0 Å². The average molecular weight is 153 g/mol. The van der Waals surface area contributed by atoms with Crippen LogP contribution in [0.25, 0.3) is 0 Å². The lowest BCUT2D eigenvalue weighted by Crippen LogP contribution is -2.75. The molecule has 0 aromatic carbocycles. The van der Waals surface area contributed by atoms with Crippen molar-refractivity contribution in [2.24, 2.45) is 0 Å². The van der Waals surface area contributed by atoms with Gasteiger partial charge in [-0.05, 0) is 6.92 Å². The molecular formula is C8H11NO2. The van der Waals surface area contributed by atoms with Gasteiger partial charge in [-0.2, -0.15) is 0 Å². The van der Waals surface area contributed by atoms with Crippen LogP contribution in [0.3, 0.4) is 0 Å². The van der Waals surface area contributed by atoms with E-state index in [1.54, 1.807) is 0 Å². The summed E-state index contributed by atoms with van der Waals surface area (Å²) in [6.07, 6.45) is 3.13. The summed E-state index contributed by atoms with van der Waals surface area (Å²) < 4.78 is 10.9. The van der Waals surface area contributed by atoms with Gasteiger partial charge in [0, 0.05) is 6.08 Å². The topological polar surface area (TPSA) is 41.7 Å². The van der Waals surface area contributed by atoms with Gasteiger partial charge in [0.15, 0.2) is 6.10 Å². The number of epoxide rings is 2. The summed E-state index contributed by atoms with van der Waals surface area (Å²) in [6, 6.07) is 0. The van der Waals surface area contributed by atoms with E-state index in [0.717, 1.165) is 0 Å². The van der Waals surface area contributed by atoms with Crippen molar-refractivity contribution in [1.82, 2.24) is 0 Å². The molecule has 60 valence electrons. The van der Waals surface area contributed by atoms with Crippen LogP contribution in [-0.2, 0) is 9.47 Å². The minimum absolute atomic E-state index is 0.0474. The molecule has 11 heavy (non-hydrogen) atoms. The summed E-state index contributed by atoms with van der Waals surface area (Å²) in [5.41, 5.74) is 1.16. The van der Waals surface area contributed by atoms with E-state index >= 15 is 0 Å². The molecule has 1 spiro atoms. The molecule has 2 aliphatic heterocycles. The monoisotopic (exact) mass is 153 g/mol. The van der Waals surface area contributed by atoms with Crippen molar-refractivity contribution in [1.29, 1.82) is 0 Å². The van der Waals surface area contributed by atoms with Crippen LogP contribution in [0.1, 0.15) is 6.92 Å². The predicted octanol–water partition coefficient (Wildman–Crippen LogP) is -0.836. The van der Waals surface area contributed by atoms with Crippen molar-refractivity contribution in [3.8, 4) is 0 Å². The summed E-state index contributed by atoms with van der Waals surface area (Å²) in [5, 5.41) is 1.87. The van der Waals surface area contributed by atoms with Gasteiger partial charge in [0.25, 0.3) is 0 Å². The summed E-state index contributed by atoms with van der Waals surface area (Å²) in [4.78, 5) is 0. The van der Waals surface area contributed by atoms with Gasteiger partial charge in [-0.25, -0.2) is 0 Å². The minimum atomic E-state index is -0.0474. The molecular weight excluding hydrogens is 142 g/mol. The van der Waals surface area contributed by atoms with Gasteiger partial charge in [0.1, 0.15) is 17.4 Å². The molecule has 3 aliphatic rings. The van der Waals surface area contributed by atoms with Gasteiger partial charge in [0.05, 0.1) is 6.10 Å². The third-order valence-electron chi connectivity index (χ3n) is 2.85. The van der Waals surface area contributed by atoms with E-state index in [2.05, 4.69) is 20.0 Å². The average Bonchev–Trinajstić information content (AvgIpc) is 2.82. The number of fused-ring (bicyclic) bond motifs is 2. The number of hydrogen-bond donors (Lipinski definition) is 1. The molecule has 0 amide bonds. The van der Waals surface area contributed by atoms with Crippen molar-refractivity contribution in [3.63, 3.8) is 0 Å². The Hall–Kier alpha value is -0.380. The van der Waals surface area contributed by atoms with Gasteiger partial charge in [-0.3, -0.25) is 0 Å². The van der Waals surface area contributed by atoms with Crippen molar-refractivity contribution >= 4 is 0 Å². The highest BCUT2D eigenvalue weighted by Crippen LogP contribution is 2.55. The van der Waals surface area contributed by atoms with Gasteiger partial charge in [0.2, 0.25) is 0 Å². The largest absolute Gasteiger partial charge is 0.447 e. The Bertz CT molecular complexity index is 250. The fraction of sp³-hybridized carbons (Fsp3) is 0.625. The van der Waals surface area contributed by atoms with E-state index in [4.69, 9.17) is 9.47 Å². The quantitative estimate of drug-likeness (QED) is 0.394. The van der Waals surface area contributed by atoms with Crippen LogP contribution in [0.2, 0.25) is 0 Å². The fourth-order valence-electron chi connectivity index (χ4n) is 2.03. The van der Waals surface area contributed by atoms with E-state index < -0.39 is 0 Å². The number of hydrogen-bond acceptors (Lipinski definition) is 2. The van der Waals surface area contributed by atoms with E-state index in [1.165, 1.54) is 5.70 Å². The van der Waals surface area contributed by atoms with Crippen LogP contribution >= 0.6 is 0 Å². The molecule has 3 rings (SSSR count). The van der Waals surface area contributed by atoms with Crippen molar-refractivity contribution < 1.29 is 14.8 Å². The first-order valence-corrected chi connectivity index (χ1v) is 3.96. The first-order valence-electron chi connectivity index (χ1n) is 3.96. The maximum atomic E-state index is 5.50. The third-order valence-corrected chi connectivity index (χ3v) is 2.85. The fourth-order valence-corrected chi connectivity index (χ4v) is 2.03. The Balaban J connectivity index is 1.95. The molecule has 0 aromatic heterocycles. The van der Waals surface area contributed by atoms with Crippen LogP contribution in [-0.4, -0.2) is 23.9 Å². The maximum absolute atomic E-state index is 5.50. The molecule has 2 N–H and O–H groups in total. The second-order valence-corrected chi connectivity index (χ2v) is 3.44. The molecule has 4 atom stereocenters. The number of nitrogens with two attached hydrogens (primary N) is 1. The van der Waals surface area contributed by atoms with Gasteiger partial charge >= 0.3 is 0 Å². The zero-order valence-electron chi connectivity index (χ0n) is 6.41. The molecule has 3 heteroatoms. The molecule has 0 aromatic rings. The smallest absolute Gasteiger partial charge is 0.159 e. The van der Waals surface area contributed by atoms with E-state index in [-0.39, 0.29) is 5.60 Å². The first kappa shape index (κ1) is 6.17. The van der Waals surface area contributed by atoms with Gasteiger partial charge in [-0.15, -0.1) is 7.05 Å². The number of quaternary nitrogens is 1. The van der Waals surface area contributed by atoms with Crippen molar-refractivity contribution in [3.05, 3.63) is 18.8 Å². The Morgan fingerprint density at radius 2 is 2.45 bits per heavy atom. The highest BCUT2D eigenvalue weighted by atomic mass is 16.7. The SMILES string of the molecule is [CH2-][NH2+]C1=C[C@@]2(O[C@@H]2C)[C@H]2O[C@@H]12. The Labute approximate surface area is 65.4 Å². The number of rotatable bonds is 1. The summed E-state index contributed by atoms with van der Waals surface area (Å²) >= 11 is 0. The standard InChI is InChI=1S/C8H11NO2/c1-4-8(11-4)3-5(9-2)6-7(8)10-6/h3-4,6-7H,2,9H2,1H3/t4-,6+,7+,8+/m1/s1. The molecule has 2 saturated heterocycles. The summed E-state index contributed by atoms with van der Waals surface area (Å²) in [5.74, 6) is 0. The molecule has 1 aliphatic carbocycles. The zero-order valence-corrected chi connectivity index (χ0v) is 6.41. The molecule has 0 unspecified atom stereocenters. The lowest BCUT2D eigenvalue weighted by molar-refractivity contribution is -0.546. The van der Waals surface area contributed by atoms with Crippen molar-refractivity contribution in [2.75, 3.05) is 0 Å². The minimum Gasteiger partial charge on any atom is -0.447 e. The van der Waals surface area contributed by atoms with Gasteiger partial charge < -0.3 is 14.8 Å². The molecule has 0 radical (unpaired) electrons. The summed E-state index contributed by atoms with van der Waals surface area (Å²) in [7, 11) is 3.73.